The van der Waals surface area contributed by atoms with E-state index in [0.717, 1.165) is 5.56 Å². The summed E-state index contributed by atoms with van der Waals surface area (Å²) in [5.41, 5.74) is 7.78. The number of rotatable bonds is 3. The minimum absolute atomic E-state index is 0.215. The van der Waals surface area contributed by atoms with Gasteiger partial charge in [0.05, 0.1) is 5.69 Å². The Bertz CT molecular complexity index is 781. The summed E-state index contributed by atoms with van der Waals surface area (Å²) in [7, 11) is 1.62. The third kappa shape index (κ3) is 3.17. The van der Waals surface area contributed by atoms with Crippen LogP contribution in [0, 0.1) is 6.92 Å². The zero-order chi connectivity index (χ0) is 15.6. The van der Waals surface area contributed by atoms with Gasteiger partial charge in [0, 0.05) is 30.4 Å². The molecule has 1 aromatic carbocycles. The van der Waals surface area contributed by atoms with Gasteiger partial charge in [0.15, 0.2) is 0 Å². The number of nitrogens with zero attached hydrogens (tertiary/aromatic N) is 1. The van der Waals surface area contributed by atoms with E-state index >= 15 is 0 Å². The lowest BCUT2D eigenvalue weighted by Gasteiger charge is -2.12. The van der Waals surface area contributed by atoms with Crippen molar-refractivity contribution in [1.82, 2.24) is 4.57 Å². The summed E-state index contributed by atoms with van der Waals surface area (Å²) in [5, 5.41) is 2.74. The molecule has 0 saturated heterocycles. The number of nitrogens with one attached hydrogen (secondary N) is 1. The number of benzene rings is 1. The number of pyridine rings is 1. The zero-order valence-corrected chi connectivity index (χ0v) is 12.5. The molecule has 2 rings (SSSR count). The monoisotopic (exact) mass is 301 g/mol. The standard InChI is InChI=1S/C15H15N3O2S/c1-9-4-3-5-11(13(9)14(16)21)17-15(20)10-6-7-18(2)12(19)8-10/h3-8H,1-2H3,(H2,16,21)(H,17,20). The molecule has 0 saturated carbocycles. The maximum absolute atomic E-state index is 12.2. The van der Waals surface area contributed by atoms with Crippen molar-refractivity contribution >= 4 is 28.8 Å². The van der Waals surface area contributed by atoms with Crippen molar-refractivity contribution < 1.29 is 4.79 Å². The zero-order valence-electron chi connectivity index (χ0n) is 11.7. The lowest BCUT2D eigenvalue weighted by Crippen LogP contribution is -2.22. The predicted molar refractivity (Wildman–Crippen MR) is 86.7 cm³/mol. The summed E-state index contributed by atoms with van der Waals surface area (Å²) in [6.45, 7) is 1.86. The fourth-order valence-electron chi connectivity index (χ4n) is 1.98. The van der Waals surface area contributed by atoms with Crippen LogP contribution >= 0.6 is 12.2 Å². The molecule has 6 heteroatoms. The number of anilines is 1. The number of hydrogen-bond acceptors (Lipinski definition) is 3. The largest absolute Gasteiger partial charge is 0.389 e. The maximum Gasteiger partial charge on any atom is 0.255 e. The molecular weight excluding hydrogens is 286 g/mol. The molecule has 1 heterocycles. The molecule has 5 nitrogen and oxygen atoms in total. The minimum atomic E-state index is -0.379. The van der Waals surface area contributed by atoms with Crippen molar-refractivity contribution in [1.29, 1.82) is 0 Å². The second kappa shape index (κ2) is 5.88. The second-order valence-corrected chi connectivity index (χ2v) is 5.12. The van der Waals surface area contributed by atoms with E-state index in [2.05, 4.69) is 5.32 Å². The van der Waals surface area contributed by atoms with Gasteiger partial charge in [-0.25, -0.2) is 0 Å². The van der Waals surface area contributed by atoms with Crippen LogP contribution in [0.1, 0.15) is 21.5 Å². The smallest absolute Gasteiger partial charge is 0.255 e. The number of hydrogen-bond donors (Lipinski definition) is 2. The molecule has 0 fully saturated rings. The van der Waals surface area contributed by atoms with Crippen molar-refractivity contribution in [3.63, 3.8) is 0 Å². The van der Waals surface area contributed by atoms with Gasteiger partial charge < -0.3 is 15.6 Å². The van der Waals surface area contributed by atoms with E-state index in [9.17, 15) is 9.59 Å². The van der Waals surface area contributed by atoms with Crippen LogP contribution in [0.5, 0.6) is 0 Å². The van der Waals surface area contributed by atoms with Gasteiger partial charge >= 0.3 is 0 Å². The van der Waals surface area contributed by atoms with Crippen molar-refractivity contribution in [2.75, 3.05) is 5.32 Å². The molecule has 0 bridgehead atoms. The van der Waals surface area contributed by atoms with E-state index in [1.54, 1.807) is 31.4 Å². The Balaban J connectivity index is 2.36. The molecule has 0 radical (unpaired) electrons. The van der Waals surface area contributed by atoms with Crippen LogP contribution in [0.25, 0.3) is 0 Å². The van der Waals surface area contributed by atoms with Gasteiger partial charge in [0.2, 0.25) is 0 Å². The van der Waals surface area contributed by atoms with Crippen molar-refractivity contribution in [3.05, 3.63) is 63.6 Å². The topological polar surface area (TPSA) is 77.1 Å². The first kappa shape index (κ1) is 14.9. The van der Waals surface area contributed by atoms with Gasteiger partial charge in [0.1, 0.15) is 4.99 Å². The van der Waals surface area contributed by atoms with E-state index < -0.39 is 0 Å². The summed E-state index contributed by atoms with van der Waals surface area (Å²) in [6, 6.07) is 8.25. The molecule has 0 aliphatic rings. The molecule has 1 amide bonds. The Morgan fingerprint density at radius 3 is 2.67 bits per heavy atom. The van der Waals surface area contributed by atoms with Crippen molar-refractivity contribution in [2.45, 2.75) is 6.92 Å². The first-order valence-electron chi connectivity index (χ1n) is 6.27. The van der Waals surface area contributed by atoms with Gasteiger partial charge in [-0.15, -0.1) is 0 Å². The molecule has 0 atom stereocenters. The highest BCUT2D eigenvalue weighted by molar-refractivity contribution is 7.80. The molecule has 0 aliphatic carbocycles. The number of amides is 1. The highest BCUT2D eigenvalue weighted by atomic mass is 32.1. The predicted octanol–water partition coefficient (Wildman–Crippen LogP) is 1.58. The Morgan fingerprint density at radius 1 is 1.33 bits per heavy atom. The SMILES string of the molecule is Cc1cccc(NC(=O)c2ccn(C)c(=O)c2)c1C(N)=S. The second-order valence-electron chi connectivity index (χ2n) is 4.68. The summed E-state index contributed by atoms with van der Waals surface area (Å²) in [4.78, 5) is 24.0. The van der Waals surface area contributed by atoms with Gasteiger partial charge in [-0.1, -0.05) is 24.4 Å². The lowest BCUT2D eigenvalue weighted by atomic mass is 10.1. The van der Waals surface area contributed by atoms with Gasteiger partial charge in [-0.3, -0.25) is 9.59 Å². The van der Waals surface area contributed by atoms with E-state index in [0.29, 0.717) is 11.3 Å². The van der Waals surface area contributed by atoms with E-state index in [1.165, 1.54) is 10.6 Å². The van der Waals surface area contributed by atoms with Crippen molar-refractivity contribution in [3.8, 4) is 0 Å². The average Bonchev–Trinajstić information content (AvgIpc) is 2.41. The van der Waals surface area contributed by atoms with Gasteiger partial charge in [-0.2, -0.15) is 0 Å². The number of aromatic nitrogens is 1. The van der Waals surface area contributed by atoms with E-state index in [-0.39, 0.29) is 22.0 Å². The summed E-state index contributed by atoms with van der Waals surface area (Å²) in [5.74, 6) is -0.379. The first-order valence-corrected chi connectivity index (χ1v) is 6.68. The Morgan fingerprint density at radius 2 is 2.05 bits per heavy atom. The van der Waals surface area contributed by atoms with Crippen LogP contribution in [-0.2, 0) is 7.05 Å². The normalized spacial score (nSPS) is 10.2. The summed E-state index contributed by atoms with van der Waals surface area (Å²) in [6.07, 6.45) is 1.54. The number of carbonyl (C=O) groups excluding carboxylic acids is 1. The summed E-state index contributed by atoms with van der Waals surface area (Å²) >= 11 is 5.02. The maximum atomic E-state index is 12.2. The minimum Gasteiger partial charge on any atom is -0.389 e. The molecule has 108 valence electrons. The molecule has 0 unspecified atom stereocenters. The Kier molecular flexibility index (Phi) is 4.18. The van der Waals surface area contributed by atoms with Gasteiger partial charge in [-0.05, 0) is 24.6 Å². The quantitative estimate of drug-likeness (QED) is 0.844. The molecule has 2 aromatic rings. The molecule has 1 aromatic heterocycles. The molecule has 3 N–H and O–H groups in total. The van der Waals surface area contributed by atoms with Crippen LogP contribution in [0.2, 0.25) is 0 Å². The third-order valence-electron chi connectivity index (χ3n) is 3.13. The van der Waals surface area contributed by atoms with E-state index in [4.69, 9.17) is 18.0 Å². The Hall–Kier alpha value is -2.47. The molecule has 21 heavy (non-hydrogen) atoms. The molecule has 0 spiro atoms. The van der Waals surface area contributed by atoms with E-state index in [1.807, 2.05) is 13.0 Å². The molecular formula is C15H15N3O2S. The number of carbonyl (C=O) groups is 1. The number of nitrogens with two attached hydrogens (primary N) is 1. The highest BCUT2D eigenvalue weighted by Crippen LogP contribution is 2.20. The van der Waals surface area contributed by atoms with Crippen molar-refractivity contribution in [2.24, 2.45) is 12.8 Å². The van der Waals surface area contributed by atoms with Crippen LogP contribution in [0.3, 0.4) is 0 Å². The third-order valence-corrected chi connectivity index (χ3v) is 3.34. The van der Waals surface area contributed by atoms with Gasteiger partial charge in [0.25, 0.3) is 11.5 Å². The Labute approximate surface area is 127 Å². The van der Waals surface area contributed by atoms with Crippen LogP contribution in [-0.4, -0.2) is 15.5 Å². The number of thiocarbonyl (C=S) groups is 1. The van der Waals surface area contributed by atoms with Crippen LogP contribution in [0.15, 0.2) is 41.3 Å². The highest BCUT2D eigenvalue weighted by Gasteiger charge is 2.13. The fourth-order valence-corrected chi connectivity index (χ4v) is 2.25. The average molecular weight is 301 g/mol. The summed E-state index contributed by atoms with van der Waals surface area (Å²) < 4.78 is 1.39. The first-order chi connectivity index (χ1) is 9.90. The van der Waals surface area contributed by atoms with Crippen LogP contribution < -0.4 is 16.6 Å². The van der Waals surface area contributed by atoms with Crippen LogP contribution in [0.4, 0.5) is 5.69 Å². The lowest BCUT2D eigenvalue weighted by molar-refractivity contribution is 0.102. The number of aryl methyl sites for hydroxylation is 2. The fraction of sp³-hybridized carbons (Fsp3) is 0.133. The molecule has 0 aliphatic heterocycles.